The molecule has 1 aliphatic carbocycles. The predicted octanol–water partition coefficient (Wildman–Crippen LogP) is 2.02. The standard InChI is InChI=1S/C14H25N3O/c1-12(14-5-6-14)17-11-13(10-16-17)4-3-7-15-8-9-18-2/h10-12,14-15H,3-9H2,1-2H3. The first-order valence-electron chi connectivity index (χ1n) is 7.04. The summed E-state index contributed by atoms with van der Waals surface area (Å²) in [4.78, 5) is 0. The van der Waals surface area contributed by atoms with Gasteiger partial charge < -0.3 is 10.1 Å². The molecule has 102 valence electrons. The molecular weight excluding hydrogens is 226 g/mol. The summed E-state index contributed by atoms with van der Waals surface area (Å²) in [6.45, 7) is 5.05. The van der Waals surface area contributed by atoms with Gasteiger partial charge in [-0.1, -0.05) is 0 Å². The fourth-order valence-corrected chi connectivity index (χ4v) is 2.24. The van der Waals surface area contributed by atoms with Crippen LogP contribution in [0.2, 0.25) is 0 Å². The Kier molecular flexibility index (Phi) is 5.20. The van der Waals surface area contributed by atoms with Gasteiger partial charge in [-0.3, -0.25) is 4.68 Å². The first-order valence-corrected chi connectivity index (χ1v) is 7.04. The molecule has 1 N–H and O–H groups in total. The van der Waals surface area contributed by atoms with Crippen LogP contribution in [-0.2, 0) is 11.2 Å². The highest BCUT2D eigenvalue weighted by Crippen LogP contribution is 2.39. The highest BCUT2D eigenvalue weighted by Gasteiger charge is 2.29. The Morgan fingerprint density at radius 2 is 2.33 bits per heavy atom. The molecule has 1 unspecified atom stereocenters. The van der Waals surface area contributed by atoms with Crippen molar-refractivity contribution in [2.24, 2.45) is 5.92 Å². The van der Waals surface area contributed by atoms with E-state index >= 15 is 0 Å². The highest BCUT2D eigenvalue weighted by atomic mass is 16.5. The minimum atomic E-state index is 0.582. The Bertz CT molecular complexity index is 347. The Labute approximate surface area is 110 Å². The zero-order chi connectivity index (χ0) is 12.8. The molecule has 0 spiro atoms. The van der Waals surface area contributed by atoms with Gasteiger partial charge in [-0.2, -0.15) is 5.10 Å². The van der Waals surface area contributed by atoms with E-state index < -0.39 is 0 Å². The Balaban J connectivity index is 1.64. The molecule has 0 aromatic carbocycles. The number of aromatic nitrogens is 2. The van der Waals surface area contributed by atoms with Crippen LogP contribution in [0, 0.1) is 5.92 Å². The van der Waals surface area contributed by atoms with Crippen LogP contribution in [0.3, 0.4) is 0 Å². The van der Waals surface area contributed by atoms with E-state index in [2.05, 4.69) is 28.2 Å². The van der Waals surface area contributed by atoms with Crippen LogP contribution in [0.25, 0.3) is 0 Å². The molecule has 1 aromatic rings. The third kappa shape index (κ3) is 4.10. The maximum Gasteiger partial charge on any atom is 0.0587 e. The molecule has 4 nitrogen and oxygen atoms in total. The van der Waals surface area contributed by atoms with E-state index in [1.54, 1.807) is 7.11 Å². The summed E-state index contributed by atoms with van der Waals surface area (Å²) in [6, 6.07) is 0.582. The van der Waals surface area contributed by atoms with Crippen molar-refractivity contribution in [3.8, 4) is 0 Å². The molecule has 0 amide bonds. The van der Waals surface area contributed by atoms with Crippen molar-refractivity contribution in [1.82, 2.24) is 15.1 Å². The van der Waals surface area contributed by atoms with Gasteiger partial charge >= 0.3 is 0 Å². The summed E-state index contributed by atoms with van der Waals surface area (Å²) < 4.78 is 7.13. The van der Waals surface area contributed by atoms with Gasteiger partial charge in [0.05, 0.1) is 18.8 Å². The van der Waals surface area contributed by atoms with E-state index in [9.17, 15) is 0 Å². The lowest BCUT2D eigenvalue weighted by Gasteiger charge is -2.09. The van der Waals surface area contributed by atoms with Crippen molar-refractivity contribution in [2.45, 2.75) is 38.6 Å². The molecule has 0 saturated heterocycles. The molecule has 0 radical (unpaired) electrons. The summed E-state index contributed by atoms with van der Waals surface area (Å²) in [5.74, 6) is 0.869. The van der Waals surface area contributed by atoms with Crippen molar-refractivity contribution in [2.75, 3.05) is 26.8 Å². The summed E-state index contributed by atoms with van der Waals surface area (Å²) in [6.07, 6.45) is 9.26. The molecule has 1 aliphatic rings. The molecule has 1 heterocycles. The number of nitrogens with zero attached hydrogens (tertiary/aromatic N) is 2. The number of methoxy groups -OCH3 is 1. The van der Waals surface area contributed by atoms with E-state index in [0.29, 0.717) is 6.04 Å². The van der Waals surface area contributed by atoms with Gasteiger partial charge in [-0.25, -0.2) is 0 Å². The van der Waals surface area contributed by atoms with Gasteiger partial charge in [0.15, 0.2) is 0 Å². The first kappa shape index (κ1) is 13.6. The fraction of sp³-hybridized carbons (Fsp3) is 0.786. The lowest BCUT2D eigenvalue weighted by molar-refractivity contribution is 0.199. The predicted molar refractivity (Wildman–Crippen MR) is 72.7 cm³/mol. The van der Waals surface area contributed by atoms with Crippen LogP contribution in [0.5, 0.6) is 0 Å². The van der Waals surface area contributed by atoms with Crippen molar-refractivity contribution >= 4 is 0 Å². The van der Waals surface area contributed by atoms with E-state index in [1.807, 2.05) is 6.20 Å². The third-order valence-corrected chi connectivity index (χ3v) is 3.68. The van der Waals surface area contributed by atoms with Gasteiger partial charge in [0, 0.05) is 19.9 Å². The van der Waals surface area contributed by atoms with E-state index in [0.717, 1.165) is 38.5 Å². The summed E-state index contributed by atoms with van der Waals surface area (Å²) in [7, 11) is 1.73. The molecular formula is C14H25N3O. The average molecular weight is 251 g/mol. The molecule has 1 fully saturated rings. The monoisotopic (exact) mass is 251 g/mol. The molecule has 1 aromatic heterocycles. The number of hydrogen-bond acceptors (Lipinski definition) is 3. The molecule has 1 atom stereocenters. The second-order valence-electron chi connectivity index (χ2n) is 5.25. The number of aryl methyl sites for hydroxylation is 1. The summed E-state index contributed by atoms with van der Waals surface area (Å²) in [5, 5.41) is 7.84. The Hall–Kier alpha value is -0.870. The minimum Gasteiger partial charge on any atom is -0.383 e. The van der Waals surface area contributed by atoms with Crippen LogP contribution in [-0.4, -0.2) is 36.6 Å². The van der Waals surface area contributed by atoms with Crippen molar-refractivity contribution < 1.29 is 4.74 Å². The summed E-state index contributed by atoms with van der Waals surface area (Å²) in [5.41, 5.74) is 1.36. The number of ether oxygens (including phenoxy) is 1. The zero-order valence-corrected chi connectivity index (χ0v) is 11.6. The van der Waals surface area contributed by atoms with Crippen LogP contribution in [0.15, 0.2) is 12.4 Å². The number of rotatable bonds is 9. The first-order chi connectivity index (χ1) is 8.81. The second-order valence-corrected chi connectivity index (χ2v) is 5.25. The number of hydrogen-bond donors (Lipinski definition) is 1. The minimum absolute atomic E-state index is 0.582. The second kappa shape index (κ2) is 6.90. The van der Waals surface area contributed by atoms with Gasteiger partial charge in [0.25, 0.3) is 0 Å². The average Bonchev–Trinajstić information content (AvgIpc) is 3.12. The maximum atomic E-state index is 4.99. The van der Waals surface area contributed by atoms with Gasteiger partial charge in [0.1, 0.15) is 0 Å². The zero-order valence-electron chi connectivity index (χ0n) is 11.6. The van der Waals surface area contributed by atoms with Crippen molar-refractivity contribution in [3.63, 3.8) is 0 Å². The molecule has 2 rings (SSSR count). The van der Waals surface area contributed by atoms with E-state index in [-0.39, 0.29) is 0 Å². The van der Waals surface area contributed by atoms with Crippen LogP contribution in [0.1, 0.15) is 37.8 Å². The van der Waals surface area contributed by atoms with Crippen molar-refractivity contribution in [3.05, 3.63) is 18.0 Å². The molecule has 0 aliphatic heterocycles. The highest BCUT2D eigenvalue weighted by molar-refractivity contribution is 5.05. The van der Waals surface area contributed by atoms with E-state index in [4.69, 9.17) is 4.74 Å². The lowest BCUT2D eigenvalue weighted by Crippen LogP contribution is -2.20. The van der Waals surface area contributed by atoms with Crippen LogP contribution < -0.4 is 5.32 Å². The third-order valence-electron chi connectivity index (χ3n) is 3.68. The SMILES string of the molecule is COCCNCCCc1cnn(C(C)C2CC2)c1. The molecule has 1 saturated carbocycles. The molecule has 0 bridgehead atoms. The number of nitrogens with one attached hydrogen (secondary N) is 1. The largest absolute Gasteiger partial charge is 0.383 e. The topological polar surface area (TPSA) is 39.1 Å². The Morgan fingerprint density at radius 3 is 3.06 bits per heavy atom. The molecule has 18 heavy (non-hydrogen) atoms. The van der Waals surface area contributed by atoms with Gasteiger partial charge in [-0.15, -0.1) is 0 Å². The lowest BCUT2D eigenvalue weighted by atomic mass is 10.2. The maximum absolute atomic E-state index is 4.99. The smallest absolute Gasteiger partial charge is 0.0587 e. The van der Waals surface area contributed by atoms with Crippen LogP contribution in [0.4, 0.5) is 0 Å². The summed E-state index contributed by atoms with van der Waals surface area (Å²) >= 11 is 0. The Morgan fingerprint density at radius 1 is 1.50 bits per heavy atom. The van der Waals surface area contributed by atoms with Crippen LogP contribution >= 0.6 is 0 Å². The van der Waals surface area contributed by atoms with Gasteiger partial charge in [-0.05, 0) is 50.6 Å². The molecule has 4 heteroatoms. The normalized spacial score (nSPS) is 17.0. The van der Waals surface area contributed by atoms with Gasteiger partial charge in [0.2, 0.25) is 0 Å². The van der Waals surface area contributed by atoms with E-state index in [1.165, 1.54) is 18.4 Å². The fourth-order valence-electron chi connectivity index (χ4n) is 2.24. The van der Waals surface area contributed by atoms with Crippen molar-refractivity contribution in [1.29, 1.82) is 0 Å². The quantitative estimate of drug-likeness (QED) is 0.683.